The molecule has 25 heavy (non-hydrogen) atoms. The van der Waals surface area contributed by atoms with Gasteiger partial charge in [-0.1, -0.05) is 57.6 Å². The molecular formula is C20H38O5. The molecule has 1 fully saturated rings. The van der Waals surface area contributed by atoms with Gasteiger partial charge in [0.05, 0.1) is 13.2 Å². The van der Waals surface area contributed by atoms with Crippen LogP contribution in [-0.4, -0.2) is 59.6 Å². The number of hydrogen-bond acceptors (Lipinski definition) is 5. The second-order valence-corrected chi connectivity index (χ2v) is 6.97. The highest BCUT2D eigenvalue weighted by Gasteiger charge is 2.40. The largest absolute Gasteiger partial charge is 0.394 e. The lowest BCUT2D eigenvalue weighted by atomic mass is 10.1. The van der Waals surface area contributed by atoms with Crippen molar-refractivity contribution >= 4 is 0 Å². The van der Waals surface area contributed by atoms with Crippen LogP contribution in [0.5, 0.6) is 0 Å². The molecule has 0 spiro atoms. The molecule has 148 valence electrons. The fraction of sp³-hybridized carbons (Fsp3) is 0.900. The van der Waals surface area contributed by atoms with Gasteiger partial charge in [-0.3, -0.25) is 0 Å². The molecule has 0 aromatic rings. The zero-order valence-electron chi connectivity index (χ0n) is 15.8. The second kappa shape index (κ2) is 14.7. The zero-order valence-corrected chi connectivity index (χ0v) is 15.8. The molecule has 1 rings (SSSR count). The lowest BCUT2D eigenvalue weighted by molar-refractivity contribution is -0.0730. The van der Waals surface area contributed by atoms with E-state index in [4.69, 9.17) is 14.6 Å². The summed E-state index contributed by atoms with van der Waals surface area (Å²) in [6.07, 6.45) is 13.7. The highest BCUT2D eigenvalue weighted by molar-refractivity contribution is 4.88. The van der Waals surface area contributed by atoms with Gasteiger partial charge >= 0.3 is 0 Å². The number of aliphatic hydroxyl groups is 3. The van der Waals surface area contributed by atoms with Crippen molar-refractivity contribution in [3.63, 3.8) is 0 Å². The van der Waals surface area contributed by atoms with Crippen molar-refractivity contribution in [1.29, 1.82) is 0 Å². The molecule has 0 aliphatic carbocycles. The van der Waals surface area contributed by atoms with Gasteiger partial charge < -0.3 is 24.8 Å². The van der Waals surface area contributed by atoms with E-state index in [1.807, 2.05) is 0 Å². The van der Waals surface area contributed by atoms with Gasteiger partial charge in [0.25, 0.3) is 0 Å². The molecule has 0 aromatic heterocycles. The van der Waals surface area contributed by atoms with E-state index >= 15 is 0 Å². The average Bonchev–Trinajstić information content (AvgIpc) is 2.99. The fourth-order valence-corrected chi connectivity index (χ4v) is 3.09. The Balaban J connectivity index is 1.89. The SMILES string of the molecule is CCC/C=C/CCCCCCCCCO[C@@H]1CO[C@@H]([C@@H](O)CO)[C@H]1O. The smallest absolute Gasteiger partial charge is 0.114 e. The van der Waals surface area contributed by atoms with Gasteiger partial charge in [-0.2, -0.15) is 0 Å². The molecule has 1 aliphatic rings. The molecule has 4 atom stereocenters. The summed E-state index contributed by atoms with van der Waals surface area (Å²) in [6, 6.07) is 0. The lowest BCUT2D eigenvalue weighted by Gasteiger charge is -2.20. The van der Waals surface area contributed by atoms with E-state index in [2.05, 4.69) is 19.1 Å². The average molecular weight is 359 g/mol. The van der Waals surface area contributed by atoms with E-state index in [1.54, 1.807) is 0 Å². The summed E-state index contributed by atoms with van der Waals surface area (Å²) < 4.78 is 11.0. The Morgan fingerprint density at radius 2 is 1.68 bits per heavy atom. The van der Waals surface area contributed by atoms with Gasteiger partial charge in [-0.15, -0.1) is 0 Å². The Labute approximate surface area is 153 Å². The maximum absolute atomic E-state index is 10.0. The molecule has 0 bridgehead atoms. The van der Waals surface area contributed by atoms with Crippen LogP contribution in [0.1, 0.15) is 71.1 Å². The standard InChI is InChI=1S/C20H38O5/c1-2-3-4-5-6-7-8-9-10-11-12-13-14-24-18-16-25-20(19(18)23)17(22)15-21/h4-5,17-23H,2-3,6-16H2,1H3/b5-4+/t17-,18+,19-,20-/m0/s1. The van der Waals surface area contributed by atoms with Crippen LogP contribution in [0.15, 0.2) is 12.2 Å². The van der Waals surface area contributed by atoms with Crippen molar-refractivity contribution in [2.24, 2.45) is 0 Å². The van der Waals surface area contributed by atoms with E-state index < -0.39 is 31.0 Å². The first-order valence-corrected chi connectivity index (χ1v) is 10.1. The molecule has 0 amide bonds. The van der Waals surface area contributed by atoms with Crippen molar-refractivity contribution in [2.75, 3.05) is 19.8 Å². The predicted molar refractivity (Wildman–Crippen MR) is 99.6 cm³/mol. The molecule has 5 nitrogen and oxygen atoms in total. The van der Waals surface area contributed by atoms with E-state index in [1.165, 1.54) is 51.4 Å². The van der Waals surface area contributed by atoms with Gasteiger partial charge in [-0.25, -0.2) is 0 Å². The maximum Gasteiger partial charge on any atom is 0.114 e. The molecule has 0 saturated carbocycles. The third-order valence-corrected chi connectivity index (χ3v) is 4.71. The van der Waals surface area contributed by atoms with E-state index in [0.29, 0.717) is 6.61 Å². The molecule has 1 heterocycles. The Kier molecular flexibility index (Phi) is 13.3. The Morgan fingerprint density at radius 1 is 1.04 bits per heavy atom. The van der Waals surface area contributed by atoms with Crippen LogP contribution in [0.25, 0.3) is 0 Å². The summed E-state index contributed by atoms with van der Waals surface area (Å²) in [5, 5.41) is 28.5. The number of allylic oxidation sites excluding steroid dienone is 2. The van der Waals surface area contributed by atoms with E-state index in [0.717, 1.165) is 12.8 Å². The summed E-state index contributed by atoms with van der Waals surface area (Å²) in [5.41, 5.74) is 0. The second-order valence-electron chi connectivity index (χ2n) is 6.97. The van der Waals surface area contributed by atoms with Crippen molar-refractivity contribution in [3.8, 4) is 0 Å². The van der Waals surface area contributed by atoms with Crippen LogP contribution in [-0.2, 0) is 9.47 Å². The number of rotatable bonds is 15. The molecule has 1 aliphatic heterocycles. The third-order valence-electron chi connectivity index (χ3n) is 4.71. The molecule has 5 heteroatoms. The van der Waals surface area contributed by atoms with Crippen molar-refractivity contribution in [2.45, 2.75) is 95.5 Å². The minimum Gasteiger partial charge on any atom is -0.394 e. The maximum atomic E-state index is 10.0. The van der Waals surface area contributed by atoms with E-state index in [-0.39, 0.29) is 6.61 Å². The Morgan fingerprint density at radius 3 is 2.36 bits per heavy atom. The van der Waals surface area contributed by atoms with Crippen LogP contribution >= 0.6 is 0 Å². The van der Waals surface area contributed by atoms with E-state index in [9.17, 15) is 10.2 Å². The topological polar surface area (TPSA) is 79.2 Å². The summed E-state index contributed by atoms with van der Waals surface area (Å²) in [5.74, 6) is 0. The first-order chi connectivity index (χ1) is 12.2. The predicted octanol–water partition coefficient (Wildman–Crippen LogP) is 2.96. The highest BCUT2D eigenvalue weighted by atomic mass is 16.6. The molecule has 1 saturated heterocycles. The van der Waals surface area contributed by atoms with Gasteiger partial charge in [-0.05, 0) is 25.7 Å². The van der Waals surface area contributed by atoms with Crippen LogP contribution in [0.4, 0.5) is 0 Å². The monoisotopic (exact) mass is 358 g/mol. The highest BCUT2D eigenvalue weighted by Crippen LogP contribution is 2.20. The van der Waals surface area contributed by atoms with Crippen molar-refractivity contribution in [3.05, 3.63) is 12.2 Å². The molecule has 0 aromatic carbocycles. The summed E-state index contributed by atoms with van der Waals surface area (Å²) >= 11 is 0. The van der Waals surface area contributed by atoms with Crippen LogP contribution < -0.4 is 0 Å². The molecule has 0 radical (unpaired) electrons. The van der Waals surface area contributed by atoms with Crippen molar-refractivity contribution < 1.29 is 24.8 Å². The summed E-state index contributed by atoms with van der Waals surface area (Å²) in [4.78, 5) is 0. The first kappa shape index (κ1) is 22.6. The Hall–Kier alpha value is -0.460. The van der Waals surface area contributed by atoms with Gasteiger partial charge in [0.15, 0.2) is 0 Å². The third kappa shape index (κ3) is 9.71. The zero-order chi connectivity index (χ0) is 18.3. The van der Waals surface area contributed by atoms with Crippen LogP contribution in [0.2, 0.25) is 0 Å². The quantitative estimate of drug-likeness (QED) is 0.310. The molecule has 3 N–H and O–H groups in total. The number of ether oxygens (including phenoxy) is 2. The Bertz CT molecular complexity index is 334. The molecular weight excluding hydrogens is 320 g/mol. The number of unbranched alkanes of at least 4 members (excludes halogenated alkanes) is 8. The van der Waals surface area contributed by atoms with Crippen LogP contribution in [0, 0.1) is 0 Å². The minimum atomic E-state index is -1.05. The van der Waals surface area contributed by atoms with Gasteiger partial charge in [0.2, 0.25) is 0 Å². The summed E-state index contributed by atoms with van der Waals surface area (Å²) in [6.45, 7) is 2.67. The fourth-order valence-electron chi connectivity index (χ4n) is 3.09. The summed E-state index contributed by atoms with van der Waals surface area (Å²) in [7, 11) is 0. The van der Waals surface area contributed by atoms with Gasteiger partial charge in [0, 0.05) is 6.61 Å². The first-order valence-electron chi connectivity index (χ1n) is 10.1. The van der Waals surface area contributed by atoms with Gasteiger partial charge in [0.1, 0.15) is 24.4 Å². The number of aliphatic hydroxyl groups excluding tert-OH is 3. The lowest BCUT2D eigenvalue weighted by Crippen LogP contribution is -2.41. The minimum absolute atomic E-state index is 0.273. The number of hydrogen-bond donors (Lipinski definition) is 3. The molecule has 0 unspecified atom stereocenters. The van der Waals surface area contributed by atoms with Crippen LogP contribution in [0.3, 0.4) is 0 Å². The van der Waals surface area contributed by atoms with Crippen molar-refractivity contribution in [1.82, 2.24) is 0 Å². The normalized spacial score (nSPS) is 25.0.